The molecule has 0 radical (unpaired) electrons. The van der Waals surface area contributed by atoms with Crippen molar-refractivity contribution in [2.45, 2.75) is 25.4 Å². The van der Waals surface area contributed by atoms with Crippen LogP contribution in [0.15, 0.2) is 36.4 Å². The largest absolute Gasteiger partial charge is 0.350 e. The molecule has 4 N–H and O–H groups in total. The molecule has 7 heteroatoms. The van der Waals surface area contributed by atoms with Crippen LogP contribution in [-0.2, 0) is 4.79 Å². The van der Waals surface area contributed by atoms with Crippen molar-refractivity contribution < 1.29 is 9.59 Å². The summed E-state index contributed by atoms with van der Waals surface area (Å²) in [4.78, 5) is 24.5. The maximum absolute atomic E-state index is 12.6. The molecule has 0 fully saturated rings. The molecule has 2 aromatic rings. The minimum atomic E-state index is -0.658. The first-order valence-corrected chi connectivity index (χ1v) is 10.5. The number of thioether (sulfide) groups is 1. The molecule has 0 heterocycles. The normalized spacial score (nSPS) is 13.2. The van der Waals surface area contributed by atoms with E-state index in [2.05, 4.69) is 29.5 Å². The van der Waals surface area contributed by atoms with Gasteiger partial charge in [-0.05, 0) is 54.3 Å². The van der Waals surface area contributed by atoms with E-state index >= 15 is 0 Å². The molecule has 0 saturated heterocycles. The zero-order chi connectivity index (χ0) is 19.1. The molecule has 26 heavy (non-hydrogen) atoms. The number of carbonyl (C=O) groups is 2. The fraction of sp³-hybridized carbons (Fsp3) is 0.368. The average Bonchev–Trinajstić information content (AvgIpc) is 2.64. The van der Waals surface area contributed by atoms with E-state index in [9.17, 15) is 9.59 Å². The summed E-state index contributed by atoms with van der Waals surface area (Å²) in [5.74, 6) is 0.918. The molecular formula is C19H25N3O2S2. The number of hydrogen-bond donors (Lipinski definition) is 4. The highest BCUT2D eigenvalue weighted by molar-refractivity contribution is 7.98. The molecule has 2 atom stereocenters. The highest BCUT2D eigenvalue weighted by Gasteiger charge is 2.14. The standard InChI is InChI=1S/C19H25N3O2S2/c1-12(8-9-26-2)21-18(23)16-5-3-4-13-10-14(6-7-15(13)16)22-19(24)17(20)11-25/h3-7,10,12,17,25H,8-9,11,20H2,1-2H3,(H,21,23)(H,22,24)/t12-,17-/m1/s1. The van der Waals surface area contributed by atoms with Gasteiger partial charge in [-0.1, -0.05) is 18.2 Å². The third-order valence-electron chi connectivity index (χ3n) is 4.06. The van der Waals surface area contributed by atoms with Gasteiger partial charge in [0.15, 0.2) is 0 Å². The van der Waals surface area contributed by atoms with Gasteiger partial charge in [0.2, 0.25) is 5.91 Å². The van der Waals surface area contributed by atoms with E-state index in [1.54, 1.807) is 17.8 Å². The smallest absolute Gasteiger partial charge is 0.252 e. The zero-order valence-corrected chi connectivity index (χ0v) is 16.7. The Bertz CT molecular complexity index is 782. The van der Waals surface area contributed by atoms with Crippen LogP contribution in [0.4, 0.5) is 5.69 Å². The Labute approximate surface area is 163 Å². The van der Waals surface area contributed by atoms with Crippen molar-refractivity contribution in [2.75, 3.05) is 23.1 Å². The first-order chi connectivity index (χ1) is 12.5. The van der Waals surface area contributed by atoms with Crippen molar-refractivity contribution in [1.82, 2.24) is 5.32 Å². The van der Waals surface area contributed by atoms with E-state index in [4.69, 9.17) is 5.73 Å². The molecule has 5 nitrogen and oxygen atoms in total. The van der Waals surface area contributed by atoms with Gasteiger partial charge in [0.25, 0.3) is 5.91 Å². The lowest BCUT2D eigenvalue weighted by Gasteiger charge is -2.15. The fourth-order valence-electron chi connectivity index (χ4n) is 2.55. The van der Waals surface area contributed by atoms with E-state index in [-0.39, 0.29) is 23.6 Å². The number of nitrogens with two attached hydrogens (primary N) is 1. The zero-order valence-electron chi connectivity index (χ0n) is 15.0. The Morgan fingerprint density at radius 3 is 2.73 bits per heavy atom. The van der Waals surface area contributed by atoms with E-state index in [0.29, 0.717) is 11.3 Å². The van der Waals surface area contributed by atoms with Crippen molar-refractivity contribution in [3.8, 4) is 0 Å². The number of amides is 2. The minimum absolute atomic E-state index is 0.0851. The SMILES string of the molecule is CSCC[C@@H](C)NC(=O)c1cccc2cc(NC(=O)[C@H](N)CS)ccc12. The highest BCUT2D eigenvalue weighted by Crippen LogP contribution is 2.23. The number of hydrogen-bond acceptors (Lipinski definition) is 5. The lowest BCUT2D eigenvalue weighted by atomic mass is 10.0. The molecule has 0 spiro atoms. The predicted octanol–water partition coefficient (Wildman–Crippen LogP) is 2.91. The van der Waals surface area contributed by atoms with Crippen LogP contribution in [0.2, 0.25) is 0 Å². The second kappa shape index (κ2) is 9.85. The molecule has 0 unspecified atom stereocenters. The second-order valence-electron chi connectivity index (χ2n) is 6.18. The van der Waals surface area contributed by atoms with Crippen LogP contribution in [0.5, 0.6) is 0 Å². The Morgan fingerprint density at radius 2 is 2.04 bits per heavy atom. The van der Waals surface area contributed by atoms with Gasteiger partial charge < -0.3 is 16.4 Å². The maximum Gasteiger partial charge on any atom is 0.252 e. The van der Waals surface area contributed by atoms with Crippen molar-refractivity contribution in [2.24, 2.45) is 5.73 Å². The summed E-state index contributed by atoms with van der Waals surface area (Å²) in [6.07, 6.45) is 2.98. The summed E-state index contributed by atoms with van der Waals surface area (Å²) in [7, 11) is 0. The summed E-state index contributed by atoms with van der Waals surface area (Å²) < 4.78 is 0. The third-order valence-corrected chi connectivity index (χ3v) is 5.10. The van der Waals surface area contributed by atoms with Crippen molar-refractivity contribution >= 4 is 52.7 Å². The molecule has 0 aliphatic rings. The molecule has 0 bridgehead atoms. The summed E-state index contributed by atoms with van der Waals surface area (Å²) in [5, 5.41) is 7.55. The lowest BCUT2D eigenvalue weighted by molar-refractivity contribution is -0.116. The van der Waals surface area contributed by atoms with Crippen LogP contribution in [0.3, 0.4) is 0 Å². The fourth-order valence-corrected chi connectivity index (χ4v) is 3.30. The number of thiol groups is 1. The second-order valence-corrected chi connectivity index (χ2v) is 7.53. The molecule has 2 aromatic carbocycles. The van der Waals surface area contributed by atoms with Gasteiger partial charge in [-0.25, -0.2) is 0 Å². The van der Waals surface area contributed by atoms with Gasteiger partial charge in [-0.15, -0.1) is 0 Å². The Balaban J connectivity index is 2.19. The summed E-state index contributed by atoms with van der Waals surface area (Å²) >= 11 is 5.80. The Hall–Kier alpha value is -1.70. The van der Waals surface area contributed by atoms with Gasteiger partial charge in [0, 0.05) is 23.0 Å². The van der Waals surface area contributed by atoms with E-state index in [1.807, 2.05) is 37.3 Å². The van der Waals surface area contributed by atoms with Crippen LogP contribution in [0.25, 0.3) is 10.8 Å². The van der Waals surface area contributed by atoms with E-state index in [0.717, 1.165) is 22.9 Å². The van der Waals surface area contributed by atoms with Gasteiger partial charge in [-0.2, -0.15) is 24.4 Å². The third kappa shape index (κ3) is 5.40. The summed E-state index contributed by atoms with van der Waals surface area (Å²) in [6.45, 7) is 2.01. The Kier molecular flexibility index (Phi) is 7.81. The molecule has 140 valence electrons. The monoisotopic (exact) mass is 391 g/mol. The molecule has 0 aromatic heterocycles. The van der Waals surface area contributed by atoms with Crippen LogP contribution >= 0.6 is 24.4 Å². The van der Waals surface area contributed by atoms with Crippen molar-refractivity contribution in [3.63, 3.8) is 0 Å². The van der Waals surface area contributed by atoms with Crippen LogP contribution in [-0.4, -0.2) is 41.7 Å². The predicted molar refractivity (Wildman–Crippen MR) is 114 cm³/mol. The number of rotatable bonds is 8. The number of benzene rings is 2. The number of fused-ring (bicyclic) bond motifs is 1. The molecular weight excluding hydrogens is 366 g/mol. The van der Waals surface area contributed by atoms with Crippen LogP contribution in [0, 0.1) is 0 Å². The van der Waals surface area contributed by atoms with E-state index < -0.39 is 6.04 Å². The number of carbonyl (C=O) groups excluding carboxylic acids is 2. The van der Waals surface area contributed by atoms with Crippen LogP contribution in [0.1, 0.15) is 23.7 Å². The first kappa shape index (κ1) is 20.6. The lowest BCUT2D eigenvalue weighted by Crippen LogP contribution is -2.37. The number of anilines is 1. The average molecular weight is 392 g/mol. The van der Waals surface area contributed by atoms with Gasteiger partial charge in [0.05, 0.1) is 6.04 Å². The molecule has 2 amide bonds. The van der Waals surface area contributed by atoms with Gasteiger partial charge >= 0.3 is 0 Å². The molecule has 0 aliphatic heterocycles. The number of nitrogens with one attached hydrogen (secondary N) is 2. The van der Waals surface area contributed by atoms with Gasteiger partial charge in [0.1, 0.15) is 0 Å². The topological polar surface area (TPSA) is 84.2 Å². The first-order valence-electron chi connectivity index (χ1n) is 8.46. The van der Waals surface area contributed by atoms with Crippen LogP contribution < -0.4 is 16.4 Å². The molecule has 0 saturated carbocycles. The maximum atomic E-state index is 12.6. The molecule has 2 rings (SSSR count). The quantitative estimate of drug-likeness (QED) is 0.522. The molecule has 0 aliphatic carbocycles. The minimum Gasteiger partial charge on any atom is -0.350 e. The van der Waals surface area contributed by atoms with E-state index in [1.165, 1.54) is 0 Å². The highest BCUT2D eigenvalue weighted by atomic mass is 32.2. The van der Waals surface area contributed by atoms with Crippen molar-refractivity contribution in [3.05, 3.63) is 42.0 Å². The van der Waals surface area contributed by atoms with Gasteiger partial charge in [-0.3, -0.25) is 9.59 Å². The summed E-state index contributed by atoms with van der Waals surface area (Å²) in [6, 6.07) is 10.5. The summed E-state index contributed by atoms with van der Waals surface area (Å²) in [5.41, 5.74) is 6.95. The Morgan fingerprint density at radius 1 is 1.27 bits per heavy atom. The van der Waals surface area contributed by atoms with Crippen molar-refractivity contribution in [1.29, 1.82) is 0 Å².